The number of carbonyl (C=O) groups is 1. The Morgan fingerprint density at radius 2 is 1.41 bits per heavy atom. The minimum absolute atomic E-state index is 0.0840. The van der Waals surface area contributed by atoms with Gasteiger partial charge in [0.15, 0.2) is 0 Å². The number of carbonyl (C=O) groups excluding carboxylic acids is 1. The lowest BCUT2D eigenvalue weighted by molar-refractivity contribution is -0.148. The molecular formula is C26H49NO2. The largest absolute Gasteiger partial charge is 0.460 e. The number of nitrogens with zero attached hydrogens (tertiary/aromatic N) is 1. The van der Waals surface area contributed by atoms with E-state index in [9.17, 15) is 4.79 Å². The normalized spacial score (nSPS) is 12.9. The fourth-order valence-corrected chi connectivity index (χ4v) is 3.46. The smallest absolute Gasteiger partial charge is 0.323 e. The molecule has 0 aromatic heterocycles. The summed E-state index contributed by atoms with van der Waals surface area (Å²) in [5.41, 5.74) is 2.64. The Hall–Kier alpha value is -1.09. The van der Waals surface area contributed by atoms with Gasteiger partial charge in [-0.3, -0.25) is 9.69 Å². The molecule has 0 saturated heterocycles. The molecule has 0 heterocycles. The second-order valence-electron chi connectivity index (χ2n) is 8.95. The van der Waals surface area contributed by atoms with Crippen molar-refractivity contribution in [1.29, 1.82) is 0 Å². The van der Waals surface area contributed by atoms with Crippen LogP contribution in [0.4, 0.5) is 0 Å². The number of allylic oxidation sites excluding steroid dienone is 3. The number of ether oxygens (including phenoxy) is 1. The second kappa shape index (κ2) is 18.9. The lowest BCUT2D eigenvalue weighted by Gasteiger charge is -2.22. The van der Waals surface area contributed by atoms with Gasteiger partial charge in [0.05, 0.1) is 0 Å². The second-order valence-corrected chi connectivity index (χ2v) is 8.95. The maximum atomic E-state index is 12.5. The average molecular weight is 408 g/mol. The van der Waals surface area contributed by atoms with Crippen molar-refractivity contribution in [2.24, 2.45) is 0 Å². The molecule has 1 unspecified atom stereocenters. The van der Waals surface area contributed by atoms with Gasteiger partial charge in [0.1, 0.15) is 12.6 Å². The Bertz CT molecular complexity index is 461. The summed E-state index contributed by atoms with van der Waals surface area (Å²) in [4.78, 5) is 14.5. The third-order valence-corrected chi connectivity index (χ3v) is 5.48. The summed E-state index contributed by atoms with van der Waals surface area (Å²) < 4.78 is 5.53. The average Bonchev–Trinajstić information content (AvgIpc) is 2.65. The van der Waals surface area contributed by atoms with E-state index in [2.05, 4.69) is 33.8 Å². The SMILES string of the molecule is CCCCCCCCCCCCC(C(=O)OCC=C(C)CCC=C(C)C)N(C)C. The lowest BCUT2D eigenvalue weighted by Crippen LogP contribution is -2.37. The number of rotatable bonds is 18. The zero-order valence-corrected chi connectivity index (χ0v) is 20.4. The van der Waals surface area contributed by atoms with Crippen molar-refractivity contribution in [3.8, 4) is 0 Å². The van der Waals surface area contributed by atoms with E-state index in [0.717, 1.165) is 25.7 Å². The van der Waals surface area contributed by atoms with E-state index in [1.54, 1.807) is 0 Å². The molecule has 3 nitrogen and oxygen atoms in total. The highest BCUT2D eigenvalue weighted by Gasteiger charge is 2.21. The van der Waals surface area contributed by atoms with Crippen molar-refractivity contribution in [2.45, 2.75) is 117 Å². The summed E-state index contributed by atoms with van der Waals surface area (Å²) in [7, 11) is 3.95. The van der Waals surface area contributed by atoms with Crippen LogP contribution in [-0.4, -0.2) is 37.6 Å². The standard InChI is InChI=1S/C26H49NO2/c1-7-8-9-10-11-12-13-14-15-16-20-25(27(5)6)26(28)29-22-21-24(4)19-17-18-23(2)3/h18,21,25H,7-17,19-20,22H2,1-6H3. The predicted molar refractivity (Wildman–Crippen MR) is 127 cm³/mol. The van der Waals surface area contributed by atoms with E-state index in [-0.39, 0.29) is 12.0 Å². The van der Waals surface area contributed by atoms with Crippen molar-refractivity contribution in [3.05, 3.63) is 23.3 Å². The van der Waals surface area contributed by atoms with Crippen molar-refractivity contribution in [1.82, 2.24) is 4.90 Å². The van der Waals surface area contributed by atoms with Crippen LogP contribution in [-0.2, 0) is 9.53 Å². The zero-order chi connectivity index (χ0) is 21.9. The lowest BCUT2D eigenvalue weighted by atomic mass is 10.0. The van der Waals surface area contributed by atoms with Gasteiger partial charge in [-0.25, -0.2) is 0 Å². The molecule has 3 heteroatoms. The minimum Gasteiger partial charge on any atom is -0.460 e. The first kappa shape index (κ1) is 27.9. The van der Waals surface area contributed by atoms with Crippen molar-refractivity contribution in [2.75, 3.05) is 20.7 Å². The molecule has 0 N–H and O–H groups in total. The first-order valence-corrected chi connectivity index (χ1v) is 12.0. The van der Waals surface area contributed by atoms with Gasteiger partial charge in [0.25, 0.3) is 0 Å². The molecule has 0 spiro atoms. The van der Waals surface area contributed by atoms with Gasteiger partial charge in [-0.05, 0) is 60.2 Å². The highest BCUT2D eigenvalue weighted by atomic mass is 16.5. The predicted octanol–water partition coefficient (Wildman–Crippen LogP) is 7.46. The van der Waals surface area contributed by atoms with Crippen LogP contribution in [0.5, 0.6) is 0 Å². The first-order valence-electron chi connectivity index (χ1n) is 12.0. The summed E-state index contributed by atoms with van der Waals surface area (Å²) in [6, 6.07) is -0.122. The van der Waals surface area contributed by atoms with Crippen LogP contribution in [0.1, 0.15) is 111 Å². The molecule has 0 aliphatic carbocycles. The number of unbranched alkanes of at least 4 members (excludes halogenated alkanes) is 9. The number of likely N-dealkylation sites (N-methyl/N-ethyl adjacent to an activating group) is 1. The van der Waals surface area contributed by atoms with Crippen LogP contribution in [0.15, 0.2) is 23.3 Å². The van der Waals surface area contributed by atoms with Crippen molar-refractivity contribution >= 4 is 5.97 Å². The fraction of sp³-hybridized carbons (Fsp3) is 0.808. The zero-order valence-electron chi connectivity index (χ0n) is 20.4. The van der Waals surface area contributed by atoms with Gasteiger partial charge in [-0.1, -0.05) is 88.4 Å². The van der Waals surface area contributed by atoms with Gasteiger partial charge >= 0.3 is 5.97 Å². The molecule has 0 radical (unpaired) electrons. The van der Waals surface area contributed by atoms with E-state index in [4.69, 9.17) is 4.74 Å². The third-order valence-electron chi connectivity index (χ3n) is 5.48. The summed E-state index contributed by atoms with van der Waals surface area (Å²) in [6.45, 7) is 9.01. The van der Waals surface area contributed by atoms with Crippen molar-refractivity contribution < 1.29 is 9.53 Å². The fourth-order valence-electron chi connectivity index (χ4n) is 3.46. The summed E-state index contributed by atoms with van der Waals surface area (Å²) in [5.74, 6) is -0.0840. The molecule has 0 aliphatic heterocycles. The van der Waals surface area contributed by atoms with Crippen molar-refractivity contribution in [3.63, 3.8) is 0 Å². The molecule has 0 rings (SSSR count). The quantitative estimate of drug-likeness (QED) is 0.134. The van der Waals surface area contributed by atoms with Gasteiger partial charge < -0.3 is 4.74 Å². The van der Waals surface area contributed by atoms with Crippen LogP contribution in [0.2, 0.25) is 0 Å². The van der Waals surface area contributed by atoms with Gasteiger partial charge in [0.2, 0.25) is 0 Å². The molecule has 0 saturated carbocycles. The van der Waals surface area contributed by atoms with Crippen LogP contribution in [0, 0.1) is 0 Å². The first-order chi connectivity index (χ1) is 13.9. The van der Waals surface area contributed by atoms with E-state index in [1.165, 1.54) is 68.9 Å². The summed E-state index contributed by atoms with van der Waals surface area (Å²) in [6.07, 6.45) is 20.4. The number of esters is 1. The Kier molecular flexibility index (Phi) is 18.2. The topological polar surface area (TPSA) is 29.5 Å². The van der Waals surface area contributed by atoms with E-state index < -0.39 is 0 Å². The van der Waals surface area contributed by atoms with Gasteiger partial charge in [0, 0.05) is 0 Å². The maximum absolute atomic E-state index is 12.5. The molecule has 0 fully saturated rings. The highest BCUT2D eigenvalue weighted by Crippen LogP contribution is 2.14. The molecule has 0 amide bonds. The van der Waals surface area contributed by atoms with Crippen LogP contribution >= 0.6 is 0 Å². The molecule has 1 atom stereocenters. The molecular weight excluding hydrogens is 358 g/mol. The number of hydrogen-bond acceptors (Lipinski definition) is 3. The van der Waals surface area contributed by atoms with E-state index in [1.807, 2.05) is 25.1 Å². The monoisotopic (exact) mass is 407 g/mol. The van der Waals surface area contributed by atoms with Crippen LogP contribution in [0.3, 0.4) is 0 Å². The van der Waals surface area contributed by atoms with E-state index >= 15 is 0 Å². The molecule has 170 valence electrons. The van der Waals surface area contributed by atoms with E-state index in [0.29, 0.717) is 6.61 Å². The Morgan fingerprint density at radius 1 is 0.862 bits per heavy atom. The van der Waals surface area contributed by atoms with Crippen LogP contribution < -0.4 is 0 Å². The maximum Gasteiger partial charge on any atom is 0.323 e. The molecule has 0 aliphatic rings. The van der Waals surface area contributed by atoms with Gasteiger partial charge in [-0.2, -0.15) is 0 Å². The Labute approximate surface area is 182 Å². The Morgan fingerprint density at radius 3 is 1.93 bits per heavy atom. The minimum atomic E-state index is -0.122. The number of hydrogen-bond donors (Lipinski definition) is 0. The summed E-state index contributed by atoms with van der Waals surface area (Å²) >= 11 is 0. The van der Waals surface area contributed by atoms with Gasteiger partial charge in [-0.15, -0.1) is 0 Å². The Balaban J connectivity index is 3.96. The molecule has 29 heavy (non-hydrogen) atoms. The summed E-state index contributed by atoms with van der Waals surface area (Å²) in [5, 5.41) is 0. The molecule has 0 aromatic rings. The molecule has 0 bridgehead atoms. The van der Waals surface area contributed by atoms with Crippen LogP contribution in [0.25, 0.3) is 0 Å². The highest BCUT2D eigenvalue weighted by molar-refractivity contribution is 5.75. The molecule has 0 aromatic carbocycles. The third kappa shape index (κ3) is 17.5.